The van der Waals surface area contributed by atoms with Crippen molar-refractivity contribution in [3.05, 3.63) is 58.6 Å². The zero-order valence-electron chi connectivity index (χ0n) is 15.8. The van der Waals surface area contributed by atoms with Crippen molar-refractivity contribution in [2.45, 2.75) is 44.3 Å². The molecule has 2 atom stereocenters. The molecule has 2 aliphatic heterocycles. The Morgan fingerprint density at radius 2 is 1.85 bits per heavy atom. The smallest absolute Gasteiger partial charge is 0.290 e. The fourth-order valence-corrected chi connectivity index (χ4v) is 4.38. The van der Waals surface area contributed by atoms with Crippen LogP contribution in [0.5, 0.6) is 0 Å². The van der Waals surface area contributed by atoms with Crippen molar-refractivity contribution >= 4 is 5.82 Å². The Morgan fingerprint density at radius 1 is 1.07 bits per heavy atom. The van der Waals surface area contributed by atoms with Gasteiger partial charge in [0, 0.05) is 50.7 Å². The van der Waals surface area contributed by atoms with Gasteiger partial charge in [0.1, 0.15) is 0 Å². The van der Waals surface area contributed by atoms with Crippen LogP contribution in [0.2, 0.25) is 0 Å². The lowest BCUT2D eigenvalue weighted by Gasteiger charge is -2.39. The van der Waals surface area contributed by atoms with Crippen LogP contribution in [0, 0.1) is 0 Å². The van der Waals surface area contributed by atoms with Crippen molar-refractivity contribution in [1.82, 2.24) is 20.2 Å². The molecule has 1 aromatic carbocycles. The standard InChI is InChI=1S/C21H29N5O/c27-21-20(22-10-11-23-21)26-13-5-9-19(16-26)24-18-8-4-12-25(15-18)14-17-6-2-1-3-7-17/h1-3,6-7,10-11,18-19,24H,4-5,8-9,12-16H2,(H,23,27)/t18-,19-/m1/s1. The second-order valence-corrected chi connectivity index (χ2v) is 7.75. The summed E-state index contributed by atoms with van der Waals surface area (Å²) in [6, 6.07) is 11.7. The molecule has 6 nitrogen and oxygen atoms in total. The van der Waals surface area contributed by atoms with Gasteiger partial charge in [-0.15, -0.1) is 0 Å². The molecule has 144 valence electrons. The van der Waals surface area contributed by atoms with Gasteiger partial charge in [0.15, 0.2) is 5.82 Å². The van der Waals surface area contributed by atoms with Gasteiger partial charge in [0.25, 0.3) is 5.56 Å². The molecule has 0 unspecified atom stereocenters. The summed E-state index contributed by atoms with van der Waals surface area (Å²) in [7, 11) is 0. The Morgan fingerprint density at radius 3 is 2.67 bits per heavy atom. The predicted molar refractivity (Wildman–Crippen MR) is 108 cm³/mol. The number of benzene rings is 1. The van der Waals surface area contributed by atoms with E-state index in [1.54, 1.807) is 12.4 Å². The summed E-state index contributed by atoms with van der Waals surface area (Å²) in [6.45, 7) is 5.06. The van der Waals surface area contributed by atoms with Crippen LogP contribution in [0.1, 0.15) is 31.2 Å². The SMILES string of the molecule is O=c1[nH]ccnc1N1CCC[C@@H](N[C@@H]2CCCN(Cc3ccccc3)C2)C1. The van der Waals surface area contributed by atoms with Gasteiger partial charge in [-0.3, -0.25) is 9.69 Å². The van der Waals surface area contributed by atoms with Gasteiger partial charge >= 0.3 is 0 Å². The highest BCUT2D eigenvalue weighted by atomic mass is 16.1. The van der Waals surface area contributed by atoms with Crippen LogP contribution in [-0.2, 0) is 6.54 Å². The Balaban J connectivity index is 1.33. The first kappa shape index (κ1) is 18.2. The van der Waals surface area contributed by atoms with Gasteiger partial charge in [-0.2, -0.15) is 0 Å². The van der Waals surface area contributed by atoms with Gasteiger partial charge in [-0.05, 0) is 37.8 Å². The molecule has 0 bridgehead atoms. The maximum Gasteiger partial charge on any atom is 0.290 e. The van der Waals surface area contributed by atoms with Crippen molar-refractivity contribution in [2.75, 3.05) is 31.1 Å². The number of rotatable bonds is 5. The highest BCUT2D eigenvalue weighted by Gasteiger charge is 2.27. The number of likely N-dealkylation sites (tertiary alicyclic amines) is 1. The molecule has 3 heterocycles. The van der Waals surface area contributed by atoms with Crippen LogP contribution in [-0.4, -0.2) is 53.1 Å². The number of anilines is 1. The fraction of sp³-hybridized carbons (Fsp3) is 0.524. The molecule has 2 fully saturated rings. The molecular formula is C21H29N5O. The zero-order chi connectivity index (χ0) is 18.5. The van der Waals surface area contributed by atoms with Gasteiger partial charge in [0.2, 0.25) is 0 Å². The molecule has 4 rings (SSSR count). The first-order valence-corrected chi connectivity index (χ1v) is 10.1. The van der Waals surface area contributed by atoms with E-state index in [2.05, 4.69) is 55.4 Å². The van der Waals surface area contributed by atoms with E-state index < -0.39 is 0 Å². The van der Waals surface area contributed by atoms with E-state index in [9.17, 15) is 4.79 Å². The molecule has 2 N–H and O–H groups in total. The van der Waals surface area contributed by atoms with Crippen molar-refractivity contribution in [2.24, 2.45) is 0 Å². The monoisotopic (exact) mass is 367 g/mol. The molecule has 1 aromatic heterocycles. The number of piperidine rings is 2. The summed E-state index contributed by atoms with van der Waals surface area (Å²) >= 11 is 0. The average molecular weight is 367 g/mol. The lowest BCUT2D eigenvalue weighted by molar-refractivity contribution is 0.172. The van der Waals surface area contributed by atoms with Crippen molar-refractivity contribution in [1.29, 1.82) is 0 Å². The molecule has 2 aliphatic rings. The molecular weight excluding hydrogens is 338 g/mol. The van der Waals surface area contributed by atoms with Gasteiger partial charge in [-0.25, -0.2) is 4.98 Å². The molecule has 27 heavy (non-hydrogen) atoms. The molecule has 0 spiro atoms. The molecule has 2 aromatic rings. The van der Waals surface area contributed by atoms with E-state index in [-0.39, 0.29) is 5.56 Å². The minimum Gasteiger partial charge on any atom is -0.350 e. The number of nitrogens with zero attached hydrogens (tertiary/aromatic N) is 3. The van der Waals surface area contributed by atoms with E-state index in [0.29, 0.717) is 17.9 Å². The van der Waals surface area contributed by atoms with Crippen LogP contribution < -0.4 is 15.8 Å². The van der Waals surface area contributed by atoms with E-state index in [0.717, 1.165) is 39.0 Å². The van der Waals surface area contributed by atoms with Crippen molar-refractivity contribution < 1.29 is 0 Å². The molecule has 0 amide bonds. The maximum absolute atomic E-state index is 12.0. The second kappa shape index (κ2) is 8.67. The van der Waals surface area contributed by atoms with Crippen LogP contribution in [0.4, 0.5) is 5.82 Å². The highest BCUT2D eigenvalue weighted by Crippen LogP contribution is 2.18. The quantitative estimate of drug-likeness (QED) is 0.846. The highest BCUT2D eigenvalue weighted by molar-refractivity contribution is 5.36. The van der Waals surface area contributed by atoms with Crippen LogP contribution in [0.15, 0.2) is 47.5 Å². The molecule has 0 saturated carbocycles. The number of hydrogen-bond donors (Lipinski definition) is 2. The summed E-state index contributed by atoms with van der Waals surface area (Å²) in [5.41, 5.74) is 1.29. The first-order chi connectivity index (χ1) is 13.3. The lowest BCUT2D eigenvalue weighted by Crippen LogP contribution is -2.54. The van der Waals surface area contributed by atoms with Gasteiger partial charge in [0.05, 0.1) is 0 Å². The lowest BCUT2D eigenvalue weighted by atomic mass is 10.0. The molecule has 0 radical (unpaired) electrons. The minimum absolute atomic E-state index is 0.0927. The van der Waals surface area contributed by atoms with E-state index in [1.807, 2.05) is 0 Å². The summed E-state index contributed by atoms with van der Waals surface area (Å²) < 4.78 is 0. The van der Waals surface area contributed by atoms with Gasteiger partial charge in [-0.1, -0.05) is 30.3 Å². The summed E-state index contributed by atoms with van der Waals surface area (Å²) in [5.74, 6) is 0.554. The van der Waals surface area contributed by atoms with Crippen LogP contribution in [0.3, 0.4) is 0 Å². The fourth-order valence-electron chi connectivity index (χ4n) is 4.38. The van der Waals surface area contributed by atoms with Crippen LogP contribution in [0.25, 0.3) is 0 Å². The Bertz CT molecular complexity index is 777. The normalized spacial score (nSPS) is 24.1. The molecule has 6 heteroatoms. The van der Waals surface area contributed by atoms with E-state index in [4.69, 9.17) is 0 Å². The van der Waals surface area contributed by atoms with E-state index >= 15 is 0 Å². The van der Waals surface area contributed by atoms with Crippen LogP contribution >= 0.6 is 0 Å². The summed E-state index contributed by atoms with van der Waals surface area (Å²) in [4.78, 5) is 23.8. The minimum atomic E-state index is -0.0927. The third-order valence-corrected chi connectivity index (χ3v) is 5.64. The molecule has 2 saturated heterocycles. The molecule has 0 aliphatic carbocycles. The second-order valence-electron chi connectivity index (χ2n) is 7.75. The maximum atomic E-state index is 12.0. The Hall–Kier alpha value is -2.18. The van der Waals surface area contributed by atoms with Gasteiger partial charge < -0.3 is 15.2 Å². The average Bonchev–Trinajstić information content (AvgIpc) is 2.70. The zero-order valence-corrected chi connectivity index (χ0v) is 15.8. The summed E-state index contributed by atoms with van der Waals surface area (Å²) in [6.07, 6.45) is 7.97. The Labute approximate surface area is 160 Å². The first-order valence-electron chi connectivity index (χ1n) is 10.1. The van der Waals surface area contributed by atoms with Crippen molar-refractivity contribution in [3.63, 3.8) is 0 Å². The number of aromatic nitrogens is 2. The third-order valence-electron chi connectivity index (χ3n) is 5.64. The van der Waals surface area contributed by atoms with Crippen molar-refractivity contribution in [3.8, 4) is 0 Å². The van der Waals surface area contributed by atoms with E-state index in [1.165, 1.54) is 24.9 Å². The summed E-state index contributed by atoms with van der Waals surface area (Å²) in [5, 5.41) is 3.87. The Kier molecular flexibility index (Phi) is 5.84. The number of aromatic amines is 1. The third kappa shape index (κ3) is 4.76. The predicted octanol–water partition coefficient (Wildman–Crippen LogP) is 1.99. The topological polar surface area (TPSA) is 64.3 Å². The number of nitrogens with one attached hydrogen (secondary N) is 2. The largest absolute Gasteiger partial charge is 0.350 e. The number of H-pyrrole nitrogens is 1. The number of hydrogen-bond acceptors (Lipinski definition) is 5.